The maximum absolute atomic E-state index is 12.4. The van der Waals surface area contributed by atoms with Crippen LogP contribution in [0.25, 0.3) is 6.08 Å². The lowest BCUT2D eigenvalue weighted by Gasteiger charge is -2.05. The summed E-state index contributed by atoms with van der Waals surface area (Å²) in [6.07, 6.45) is 3.21. The summed E-state index contributed by atoms with van der Waals surface area (Å²) in [6, 6.07) is 15.3. The van der Waals surface area contributed by atoms with Crippen molar-refractivity contribution in [1.29, 1.82) is 0 Å². The van der Waals surface area contributed by atoms with Crippen molar-refractivity contribution in [3.63, 3.8) is 0 Å². The van der Waals surface area contributed by atoms with Gasteiger partial charge in [-0.05, 0) is 41.6 Å². The largest absolute Gasteiger partial charge is 0.286 e. The van der Waals surface area contributed by atoms with Gasteiger partial charge in [-0.3, -0.25) is 14.9 Å². The molecule has 2 aromatic carbocycles. The number of amides is 1. The fourth-order valence-electron chi connectivity index (χ4n) is 2.07. The molecule has 2 aromatic rings. The number of nitro benzene ring substituents is 1. The zero-order valence-corrected chi connectivity index (χ0v) is 14.4. The number of carbonyl (C=O) groups is 1. The number of nitrogens with zero attached hydrogens (tertiary/aromatic N) is 3. The lowest BCUT2D eigenvalue weighted by atomic mass is 10.2. The smallest absolute Gasteiger partial charge is 0.266 e. The van der Waals surface area contributed by atoms with Crippen molar-refractivity contribution >= 4 is 52.2 Å². The number of benzene rings is 2. The molecular formula is C17H11N3O3S2. The lowest BCUT2D eigenvalue weighted by Crippen LogP contribution is -2.22. The molecule has 1 aliphatic heterocycles. The quantitative estimate of drug-likeness (QED) is 0.269. The van der Waals surface area contributed by atoms with Crippen LogP contribution >= 0.6 is 24.0 Å². The van der Waals surface area contributed by atoms with Gasteiger partial charge in [0, 0.05) is 12.1 Å². The van der Waals surface area contributed by atoms with Crippen molar-refractivity contribution in [3.05, 3.63) is 80.7 Å². The number of hydrogen-bond acceptors (Lipinski definition) is 6. The summed E-state index contributed by atoms with van der Waals surface area (Å²) < 4.78 is 0.338. The number of rotatable bonds is 4. The van der Waals surface area contributed by atoms with E-state index in [-0.39, 0.29) is 11.6 Å². The van der Waals surface area contributed by atoms with Crippen molar-refractivity contribution < 1.29 is 9.72 Å². The second-order valence-corrected chi connectivity index (χ2v) is 6.67. The highest BCUT2D eigenvalue weighted by Gasteiger charge is 2.31. The van der Waals surface area contributed by atoms with E-state index < -0.39 is 4.92 Å². The summed E-state index contributed by atoms with van der Waals surface area (Å²) in [5.41, 5.74) is 1.53. The zero-order chi connectivity index (χ0) is 17.8. The standard InChI is InChI=1S/C17H11N3O3S2/c21-16-15(10-12-4-2-1-3-5-12)25-17(24)19(16)18-11-13-6-8-14(9-7-13)20(22)23/h1-11H/b15-10+,18-11+. The highest BCUT2D eigenvalue weighted by atomic mass is 32.2. The number of thiocarbonyl (C=S) groups is 1. The van der Waals surface area contributed by atoms with E-state index in [9.17, 15) is 14.9 Å². The summed E-state index contributed by atoms with van der Waals surface area (Å²) in [4.78, 5) is 23.1. The van der Waals surface area contributed by atoms with Gasteiger partial charge in [0.15, 0.2) is 4.32 Å². The minimum atomic E-state index is -0.475. The molecule has 0 N–H and O–H groups in total. The van der Waals surface area contributed by atoms with Crippen LogP contribution in [-0.4, -0.2) is 26.4 Å². The fraction of sp³-hybridized carbons (Fsp3) is 0. The number of non-ortho nitro benzene ring substituents is 1. The van der Waals surface area contributed by atoms with Gasteiger partial charge in [-0.15, -0.1) is 0 Å². The van der Waals surface area contributed by atoms with Crippen LogP contribution in [0, 0.1) is 10.1 Å². The van der Waals surface area contributed by atoms with E-state index in [2.05, 4.69) is 5.10 Å². The summed E-state index contributed by atoms with van der Waals surface area (Å²) >= 11 is 6.39. The molecule has 3 rings (SSSR count). The summed E-state index contributed by atoms with van der Waals surface area (Å²) in [7, 11) is 0. The molecule has 0 spiro atoms. The second kappa shape index (κ2) is 7.37. The first-order valence-corrected chi connectivity index (χ1v) is 8.38. The Balaban J connectivity index is 1.76. The third-order valence-corrected chi connectivity index (χ3v) is 4.58. The Morgan fingerprint density at radius 2 is 1.76 bits per heavy atom. The Hall–Kier alpha value is -2.84. The summed E-state index contributed by atoms with van der Waals surface area (Å²) in [5.74, 6) is -0.294. The molecule has 1 amide bonds. The topological polar surface area (TPSA) is 75.8 Å². The predicted octanol–water partition coefficient (Wildman–Crippen LogP) is 3.83. The van der Waals surface area contributed by atoms with Crippen molar-refractivity contribution in [2.75, 3.05) is 0 Å². The number of thioether (sulfide) groups is 1. The van der Waals surface area contributed by atoms with Crippen molar-refractivity contribution in [2.45, 2.75) is 0 Å². The molecule has 124 valence electrons. The van der Waals surface area contributed by atoms with E-state index in [0.29, 0.717) is 14.8 Å². The Bertz CT molecular complexity index is 893. The molecule has 8 heteroatoms. The van der Waals surface area contributed by atoms with Crippen molar-refractivity contribution in [2.24, 2.45) is 5.10 Å². The molecule has 0 bridgehead atoms. The Morgan fingerprint density at radius 3 is 2.40 bits per heavy atom. The van der Waals surface area contributed by atoms with Gasteiger partial charge in [0.2, 0.25) is 0 Å². The minimum absolute atomic E-state index is 0.00597. The maximum Gasteiger partial charge on any atom is 0.286 e. The van der Waals surface area contributed by atoms with Gasteiger partial charge in [0.25, 0.3) is 11.6 Å². The van der Waals surface area contributed by atoms with E-state index in [4.69, 9.17) is 12.2 Å². The zero-order valence-electron chi connectivity index (χ0n) is 12.7. The molecule has 25 heavy (non-hydrogen) atoms. The predicted molar refractivity (Wildman–Crippen MR) is 102 cm³/mol. The molecule has 0 unspecified atom stereocenters. The van der Waals surface area contributed by atoms with Gasteiger partial charge in [0.05, 0.1) is 16.0 Å². The van der Waals surface area contributed by atoms with Crippen LogP contribution in [0.15, 0.2) is 64.6 Å². The molecule has 1 aliphatic rings. The first-order chi connectivity index (χ1) is 12.0. The van der Waals surface area contributed by atoms with E-state index in [1.54, 1.807) is 18.2 Å². The van der Waals surface area contributed by atoms with Gasteiger partial charge in [0.1, 0.15) is 0 Å². The van der Waals surface area contributed by atoms with Crippen molar-refractivity contribution in [3.8, 4) is 0 Å². The van der Waals surface area contributed by atoms with E-state index in [0.717, 1.165) is 10.6 Å². The molecule has 6 nitrogen and oxygen atoms in total. The number of carbonyl (C=O) groups excluding carboxylic acids is 1. The minimum Gasteiger partial charge on any atom is -0.266 e. The summed E-state index contributed by atoms with van der Waals surface area (Å²) in [5, 5.41) is 15.9. The van der Waals surface area contributed by atoms with Crippen molar-refractivity contribution in [1.82, 2.24) is 5.01 Å². The van der Waals surface area contributed by atoms with Crippen LogP contribution in [0.3, 0.4) is 0 Å². The van der Waals surface area contributed by atoms with E-state index in [1.165, 1.54) is 30.1 Å². The lowest BCUT2D eigenvalue weighted by molar-refractivity contribution is -0.384. The number of hydrazone groups is 1. The maximum atomic E-state index is 12.4. The monoisotopic (exact) mass is 369 g/mol. The molecule has 1 heterocycles. The first-order valence-electron chi connectivity index (χ1n) is 7.16. The molecule has 0 atom stereocenters. The van der Waals surface area contributed by atoms with Crippen LogP contribution in [-0.2, 0) is 4.79 Å². The Kier molecular flexibility index (Phi) is 5.01. The second-order valence-electron chi connectivity index (χ2n) is 5.00. The molecule has 0 aromatic heterocycles. The molecule has 1 saturated heterocycles. The van der Waals surface area contributed by atoms with Crippen LogP contribution in [0.1, 0.15) is 11.1 Å². The normalized spacial score (nSPS) is 16.2. The van der Waals surface area contributed by atoms with Gasteiger partial charge in [-0.1, -0.05) is 42.1 Å². The molecular weight excluding hydrogens is 358 g/mol. The highest BCUT2D eigenvalue weighted by Crippen LogP contribution is 2.32. The average molecular weight is 369 g/mol. The third kappa shape index (κ3) is 3.98. The van der Waals surface area contributed by atoms with Crippen LogP contribution in [0.2, 0.25) is 0 Å². The highest BCUT2D eigenvalue weighted by molar-refractivity contribution is 8.26. The Morgan fingerprint density at radius 1 is 1.08 bits per heavy atom. The van der Waals surface area contributed by atoms with Gasteiger partial charge >= 0.3 is 0 Å². The molecule has 0 radical (unpaired) electrons. The first kappa shape index (κ1) is 17.0. The molecule has 1 fully saturated rings. The van der Waals surface area contributed by atoms with E-state index >= 15 is 0 Å². The third-order valence-electron chi connectivity index (χ3n) is 3.30. The number of hydrogen-bond donors (Lipinski definition) is 0. The van der Waals surface area contributed by atoms with Gasteiger partial charge in [-0.25, -0.2) is 0 Å². The average Bonchev–Trinajstić information content (AvgIpc) is 2.88. The Labute approximate surface area is 153 Å². The fourth-order valence-corrected chi connectivity index (χ4v) is 3.24. The van der Waals surface area contributed by atoms with Crippen LogP contribution < -0.4 is 0 Å². The molecule has 0 aliphatic carbocycles. The van der Waals surface area contributed by atoms with Crippen LogP contribution in [0.4, 0.5) is 5.69 Å². The molecule has 0 saturated carbocycles. The number of nitro groups is 1. The van der Waals surface area contributed by atoms with Gasteiger partial charge < -0.3 is 0 Å². The SMILES string of the molecule is O=C1/C(=C\c2ccccc2)SC(=S)N1/N=C/c1ccc([N+](=O)[O-])cc1. The van der Waals surface area contributed by atoms with Crippen LogP contribution in [0.5, 0.6) is 0 Å². The summed E-state index contributed by atoms with van der Waals surface area (Å²) in [6.45, 7) is 0. The van der Waals surface area contributed by atoms with E-state index in [1.807, 2.05) is 30.3 Å². The van der Waals surface area contributed by atoms with Gasteiger partial charge in [-0.2, -0.15) is 10.1 Å².